The van der Waals surface area contributed by atoms with Crippen LogP contribution in [0.1, 0.15) is 37.7 Å². The second-order valence-corrected chi connectivity index (χ2v) is 9.44. The standard InChI is InChI=1S/C18H20ClN5O3S/c1-11-9-13(28(19,25)26)7-8-14(11)22-18-23-16-15(20-10-21-16)17(24-18)27-12-5-3-2-4-6-12/h7-10,12H,2-6H2,1H3,(H2,20,21,22,23,24). The largest absolute Gasteiger partial charge is 0.473 e. The number of aromatic nitrogens is 4. The van der Waals surface area contributed by atoms with Crippen molar-refractivity contribution in [2.45, 2.75) is 50.0 Å². The number of aryl methyl sites for hydroxylation is 1. The number of anilines is 2. The SMILES string of the molecule is Cc1cc(S(=O)(=O)Cl)ccc1Nc1nc(OC2CCCCC2)c2nc[nH]c2n1. The monoisotopic (exact) mass is 421 g/mol. The molecule has 0 bridgehead atoms. The fourth-order valence-electron chi connectivity index (χ4n) is 3.34. The van der Waals surface area contributed by atoms with Crippen molar-refractivity contribution in [2.24, 2.45) is 0 Å². The van der Waals surface area contributed by atoms with E-state index in [1.807, 2.05) is 0 Å². The van der Waals surface area contributed by atoms with Crippen molar-refractivity contribution in [2.75, 3.05) is 5.32 Å². The Hall–Kier alpha value is -2.39. The van der Waals surface area contributed by atoms with Crippen molar-refractivity contribution in [1.82, 2.24) is 19.9 Å². The van der Waals surface area contributed by atoms with Gasteiger partial charge in [-0.1, -0.05) is 6.42 Å². The van der Waals surface area contributed by atoms with Gasteiger partial charge in [0, 0.05) is 16.4 Å². The van der Waals surface area contributed by atoms with Gasteiger partial charge in [-0.2, -0.15) is 9.97 Å². The van der Waals surface area contributed by atoms with Crippen molar-refractivity contribution in [3.8, 4) is 5.88 Å². The molecule has 10 heteroatoms. The lowest BCUT2D eigenvalue weighted by atomic mass is 9.98. The van der Waals surface area contributed by atoms with Gasteiger partial charge in [-0.05, 0) is 56.4 Å². The zero-order valence-electron chi connectivity index (χ0n) is 15.3. The molecule has 0 radical (unpaired) electrons. The molecule has 1 aromatic carbocycles. The predicted molar refractivity (Wildman–Crippen MR) is 107 cm³/mol. The quantitative estimate of drug-likeness (QED) is 0.598. The lowest BCUT2D eigenvalue weighted by Gasteiger charge is -2.22. The summed E-state index contributed by atoms with van der Waals surface area (Å²) in [6.45, 7) is 1.78. The fraction of sp³-hybridized carbons (Fsp3) is 0.389. The maximum atomic E-state index is 11.5. The highest BCUT2D eigenvalue weighted by atomic mass is 35.7. The number of hydrogen-bond donors (Lipinski definition) is 2. The molecule has 4 rings (SSSR count). The van der Waals surface area contributed by atoms with E-state index < -0.39 is 9.05 Å². The Morgan fingerprint density at radius 3 is 2.71 bits per heavy atom. The van der Waals surface area contributed by atoms with Crippen LogP contribution >= 0.6 is 10.7 Å². The second kappa shape index (κ2) is 7.56. The molecule has 28 heavy (non-hydrogen) atoms. The number of hydrogen-bond acceptors (Lipinski definition) is 7. The van der Waals surface area contributed by atoms with Gasteiger partial charge in [-0.3, -0.25) is 0 Å². The third kappa shape index (κ3) is 4.05. The first-order valence-corrected chi connectivity index (χ1v) is 11.4. The number of nitrogens with zero attached hydrogens (tertiary/aromatic N) is 3. The molecule has 1 aliphatic rings. The summed E-state index contributed by atoms with van der Waals surface area (Å²) in [6, 6.07) is 4.57. The molecule has 2 heterocycles. The summed E-state index contributed by atoms with van der Waals surface area (Å²) in [7, 11) is 1.63. The Balaban J connectivity index is 1.64. The van der Waals surface area contributed by atoms with Crippen LogP contribution in [0.4, 0.5) is 11.6 Å². The Kier molecular flexibility index (Phi) is 5.11. The number of rotatable bonds is 5. The summed E-state index contributed by atoms with van der Waals surface area (Å²) in [4.78, 5) is 16.2. The van der Waals surface area contributed by atoms with Gasteiger partial charge in [0.25, 0.3) is 9.05 Å². The van der Waals surface area contributed by atoms with E-state index in [1.165, 1.54) is 18.6 Å². The number of H-pyrrole nitrogens is 1. The average Bonchev–Trinajstić information content (AvgIpc) is 3.12. The first-order valence-electron chi connectivity index (χ1n) is 9.10. The molecule has 1 fully saturated rings. The van der Waals surface area contributed by atoms with E-state index in [4.69, 9.17) is 15.4 Å². The summed E-state index contributed by atoms with van der Waals surface area (Å²) in [5.74, 6) is 0.783. The van der Waals surface area contributed by atoms with Crippen LogP contribution in [0.15, 0.2) is 29.4 Å². The summed E-state index contributed by atoms with van der Waals surface area (Å²) in [5.41, 5.74) is 2.54. The molecule has 1 saturated carbocycles. The van der Waals surface area contributed by atoms with Crippen LogP contribution in [-0.4, -0.2) is 34.5 Å². The lowest BCUT2D eigenvalue weighted by molar-refractivity contribution is 0.150. The van der Waals surface area contributed by atoms with Crippen LogP contribution in [0.3, 0.4) is 0 Å². The zero-order valence-corrected chi connectivity index (χ0v) is 16.8. The minimum Gasteiger partial charge on any atom is -0.473 e. The highest BCUT2D eigenvalue weighted by Crippen LogP contribution is 2.29. The number of halogens is 1. The normalized spacial score (nSPS) is 15.6. The highest BCUT2D eigenvalue weighted by molar-refractivity contribution is 8.13. The van der Waals surface area contributed by atoms with E-state index in [1.54, 1.807) is 19.3 Å². The van der Waals surface area contributed by atoms with Gasteiger partial charge in [0.05, 0.1) is 11.2 Å². The van der Waals surface area contributed by atoms with Crippen LogP contribution < -0.4 is 10.1 Å². The summed E-state index contributed by atoms with van der Waals surface area (Å²) >= 11 is 0. The van der Waals surface area contributed by atoms with Gasteiger partial charge in [0.2, 0.25) is 11.8 Å². The van der Waals surface area contributed by atoms with Crippen molar-refractivity contribution < 1.29 is 13.2 Å². The fourth-order valence-corrected chi connectivity index (χ4v) is 4.17. The third-order valence-electron chi connectivity index (χ3n) is 4.80. The molecule has 8 nitrogen and oxygen atoms in total. The number of nitrogens with one attached hydrogen (secondary N) is 2. The van der Waals surface area contributed by atoms with Crippen molar-refractivity contribution in [3.05, 3.63) is 30.1 Å². The third-order valence-corrected chi connectivity index (χ3v) is 6.15. The number of imidazole rings is 1. The molecule has 3 aromatic rings. The van der Waals surface area contributed by atoms with E-state index >= 15 is 0 Å². The Morgan fingerprint density at radius 2 is 2.00 bits per heavy atom. The van der Waals surface area contributed by atoms with Crippen LogP contribution in [0.5, 0.6) is 5.88 Å². The molecule has 0 saturated heterocycles. The molecule has 2 N–H and O–H groups in total. The Bertz CT molecular complexity index is 1110. The molecule has 0 unspecified atom stereocenters. The van der Waals surface area contributed by atoms with E-state index in [-0.39, 0.29) is 11.0 Å². The van der Waals surface area contributed by atoms with Crippen LogP contribution in [0.2, 0.25) is 0 Å². The maximum absolute atomic E-state index is 11.5. The van der Waals surface area contributed by atoms with E-state index in [2.05, 4.69) is 25.3 Å². The molecule has 0 spiro atoms. The average molecular weight is 422 g/mol. The number of benzene rings is 1. The van der Waals surface area contributed by atoms with E-state index in [0.717, 1.165) is 25.7 Å². The Morgan fingerprint density at radius 1 is 1.21 bits per heavy atom. The van der Waals surface area contributed by atoms with Crippen LogP contribution in [0, 0.1) is 6.92 Å². The molecule has 2 aromatic heterocycles. The number of aromatic amines is 1. The lowest BCUT2D eigenvalue weighted by Crippen LogP contribution is -2.20. The van der Waals surface area contributed by atoms with Gasteiger partial charge < -0.3 is 15.0 Å². The first kappa shape index (κ1) is 18.9. The molecular formula is C18H20ClN5O3S. The number of fused-ring (bicyclic) bond motifs is 1. The number of ether oxygens (including phenoxy) is 1. The van der Waals surface area contributed by atoms with Gasteiger partial charge in [0.1, 0.15) is 6.10 Å². The zero-order chi connectivity index (χ0) is 19.7. The van der Waals surface area contributed by atoms with E-state index in [9.17, 15) is 8.42 Å². The molecule has 0 amide bonds. The summed E-state index contributed by atoms with van der Waals surface area (Å²) in [5, 5.41) is 3.12. The predicted octanol–water partition coefficient (Wildman–Crippen LogP) is 4.04. The van der Waals surface area contributed by atoms with E-state index in [0.29, 0.717) is 34.2 Å². The maximum Gasteiger partial charge on any atom is 0.261 e. The molecule has 0 atom stereocenters. The van der Waals surface area contributed by atoms with Crippen LogP contribution in [-0.2, 0) is 9.05 Å². The van der Waals surface area contributed by atoms with Gasteiger partial charge in [-0.25, -0.2) is 13.4 Å². The molecule has 0 aliphatic heterocycles. The molecular weight excluding hydrogens is 402 g/mol. The highest BCUT2D eigenvalue weighted by Gasteiger charge is 2.20. The molecule has 1 aliphatic carbocycles. The Labute approximate surface area is 167 Å². The van der Waals surface area contributed by atoms with Crippen molar-refractivity contribution in [1.29, 1.82) is 0 Å². The first-order chi connectivity index (χ1) is 13.4. The topological polar surface area (TPSA) is 110 Å². The molecule has 148 valence electrons. The minimum atomic E-state index is -3.78. The summed E-state index contributed by atoms with van der Waals surface area (Å²) < 4.78 is 29.1. The van der Waals surface area contributed by atoms with Crippen molar-refractivity contribution >= 4 is 42.5 Å². The van der Waals surface area contributed by atoms with Crippen molar-refractivity contribution in [3.63, 3.8) is 0 Å². The minimum absolute atomic E-state index is 0.0449. The van der Waals surface area contributed by atoms with Crippen LogP contribution in [0.25, 0.3) is 11.2 Å². The van der Waals surface area contributed by atoms with Gasteiger partial charge in [-0.15, -0.1) is 0 Å². The smallest absolute Gasteiger partial charge is 0.261 e. The van der Waals surface area contributed by atoms with Gasteiger partial charge in [0.15, 0.2) is 11.2 Å². The van der Waals surface area contributed by atoms with Gasteiger partial charge >= 0.3 is 0 Å². The summed E-state index contributed by atoms with van der Waals surface area (Å²) in [6.07, 6.45) is 7.24. The second-order valence-electron chi connectivity index (χ2n) is 6.87.